The fraction of sp³-hybridized carbons (Fsp3) is 0.625. The third kappa shape index (κ3) is 3.78. The molecule has 19 heavy (non-hydrogen) atoms. The Morgan fingerprint density at radius 1 is 1.42 bits per heavy atom. The van der Waals surface area contributed by atoms with Gasteiger partial charge < -0.3 is 10.1 Å². The predicted molar refractivity (Wildman–Crippen MR) is 79.5 cm³/mol. The molecule has 0 aromatic heterocycles. The Labute approximate surface area is 116 Å². The molecule has 3 nitrogen and oxygen atoms in total. The number of rotatable bonds is 6. The lowest BCUT2D eigenvalue weighted by Gasteiger charge is -2.29. The molecule has 1 aliphatic rings. The first kappa shape index (κ1) is 14.5. The molecule has 1 N–H and O–H groups in total. The van der Waals surface area contributed by atoms with E-state index in [2.05, 4.69) is 55.4 Å². The first-order chi connectivity index (χ1) is 9.22. The Bertz CT molecular complexity index is 388. The van der Waals surface area contributed by atoms with E-state index in [4.69, 9.17) is 4.74 Å². The van der Waals surface area contributed by atoms with E-state index < -0.39 is 0 Å². The van der Waals surface area contributed by atoms with Crippen LogP contribution in [0.2, 0.25) is 0 Å². The smallest absolute Gasteiger partial charge is 0.0622 e. The number of likely N-dealkylation sites (N-methyl/N-ethyl adjacent to an activating group) is 2. The molecule has 2 unspecified atom stereocenters. The van der Waals surface area contributed by atoms with E-state index in [-0.39, 0.29) is 0 Å². The van der Waals surface area contributed by atoms with Crippen LogP contribution in [0.15, 0.2) is 24.3 Å². The SMILES string of the molecule is CCNC(CN(C)C1CCOC1)c1ccccc1C. The second kappa shape index (κ2) is 7.04. The molecule has 1 aromatic carbocycles. The third-order valence-electron chi connectivity index (χ3n) is 4.01. The number of hydrogen-bond acceptors (Lipinski definition) is 3. The number of hydrogen-bond donors (Lipinski definition) is 1. The van der Waals surface area contributed by atoms with Crippen molar-refractivity contribution in [1.29, 1.82) is 0 Å². The van der Waals surface area contributed by atoms with Crippen LogP contribution in [-0.4, -0.2) is 44.3 Å². The maximum Gasteiger partial charge on any atom is 0.0622 e. The molecule has 1 heterocycles. The monoisotopic (exact) mass is 262 g/mol. The first-order valence-electron chi connectivity index (χ1n) is 7.29. The summed E-state index contributed by atoms with van der Waals surface area (Å²) in [5, 5.41) is 3.61. The van der Waals surface area contributed by atoms with Crippen LogP contribution in [0.1, 0.15) is 30.5 Å². The summed E-state index contributed by atoms with van der Waals surface area (Å²) in [4.78, 5) is 2.44. The number of benzene rings is 1. The summed E-state index contributed by atoms with van der Waals surface area (Å²) in [5.74, 6) is 0. The van der Waals surface area contributed by atoms with Gasteiger partial charge in [-0.2, -0.15) is 0 Å². The van der Waals surface area contributed by atoms with Crippen molar-refractivity contribution in [1.82, 2.24) is 10.2 Å². The van der Waals surface area contributed by atoms with E-state index in [1.165, 1.54) is 11.1 Å². The lowest BCUT2D eigenvalue weighted by molar-refractivity contribution is 0.153. The summed E-state index contributed by atoms with van der Waals surface area (Å²) in [5.41, 5.74) is 2.78. The minimum atomic E-state index is 0.400. The molecular weight excluding hydrogens is 236 g/mol. The fourth-order valence-corrected chi connectivity index (χ4v) is 2.80. The minimum absolute atomic E-state index is 0.400. The molecule has 1 saturated heterocycles. The zero-order valence-corrected chi connectivity index (χ0v) is 12.4. The molecule has 0 aliphatic carbocycles. The van der Waals surface area contributed by atoms with Crippen molar-refractivity contribution in [2.45, 2.75) is 32.4 Å². The average molecular weight is 262 g/mol. The second-order valence-electron chi connectivity index (χ2n) is 5.42. The Kier molecular flexibility index (Phi) is 5.37. The van der Waals surface area contributed by atoms with E-state index in [9.17, 15) is 0 Å². The maximum atomic E-state index is 5.49. The summed E-state index contributed by atoms with van der Waals surface area (Å²) in [6.07, 6.45) is 1.16. The molecule has 3 heteroatoms. The van der Waals surface area contributed by atoms with Crippen LogP contribution in [-0.2, 0) is 4.74 Å². The van der Waals surface area contributed by atoms with Crippen LogP contribution in [0.5, 0.6) is 0 Å². The van der Waals surface area contributed by atoms with E-state index in [0.29, 0.717) is 12.1 Å². The summed E-state index contributed by atoms with van der Waals surface area (Å²) < 4.78 is 5.49. The highest BCUT2D eigenvalue weighted by Crippen LogP contribution is 2.20. The van der Waals surface area contributed by atoms with Gasteiger partial charge in [-0.1, -0.05) is 31.2 Å². The van der Waals surface area contributed by atoms with Crippen molar-refractivity contribution in [2.24, 2.45) is 0 Å². The summed E-state index contributed by atoms with van der Waals surface area (Å²) >= 11 is 0. The molecule has 0 spiro atoms. The number of nitrogens with zero attached hydrogens (tertiary/aromatic N) is 1. The van der Waals surface area contributed by atoms with Gasteiger partial charge in [0.25, 0.3) is 0 Å². The molecule has 0 amide bonds. The van der Waals surface area contributed by atoms with Gasteiger partial charge in [0.2, 0.25) is 0 Å². The van der Waals surface area contributed by atoms with Gasteiger partial charge in [-0.25, -0.2) is 0 Å². The highest BCUT2D eigenvalue weighted by atomic mass is 16.5. The molecule has 2 rings (SSSR count). The Morgan fingerprint density at radius 3 is 2.84 bits per heavy atom. The average Bonchev–Trinajstić information content (AvgIpc) is 2.93. The number of aryl methyl sites for hydroxylation is 1. The largest absolute Gasteiger partial charge is 0.380 e. The van der Waals surface area contributed by atoms with Crippen molar-refractivity contribution in [3.63, 3.8) is 0 Å². The number of ether oxygens (including phenoxy) is 1. The lowest BCUT2D eigenvalue weighted by atomic mass is 10.0. The van der Waals surface area contributed by atoms with Crippen LogP contribution in [0.25, 0.3) is 0 Å². The minimum Gasteiger partial charge on any atom is -0.380 e. The van der Waals surface area contributed by atoms with Crippen molar-refractivity contribution in [3.8, 4) is 0 Å². The molecule has 0 radical (unpaired) electrons. The summed E-state index contributed by atoms with van der Waals surface area (Å²) in [7, 11) is 2.21. The van der Waals surface area contributed by atoms with Gasteiger partial charge in [0.05, 0.1) is 6.61 Å². The lowest BCUT2D eigenvalue weighted by Crippen LogP contribution is -2.39. The highest BCUT2D eigenvalue weighted by Gasteiger charge is 2.23. The normalized spacial score (nSPS) is 20.9. The van der Waals surface area contributed by atoms with Gasteiger partial charge in [0.15, 0.2) is 0 Å². The zero-order chi connectivity index (χ0) is 13.7. The van der Waals surface area contributed by atoms with Crippen molar-refractivity contribution in [3.05, 3.63) is 35.4 Å². The Hall–Kier alpha value is -0.900. The Morgan fingerprint density at radius 2 is 2.21 bits per heavy atom. The van der Waals surface area contributed by atoms with Crippen LogP contribution >= 0.6 is 0 Å². The first-order valence-corrected chi connectivity index (χ1v) is 7.29. The zero-order valence-electron chi connectivity index (χ0n) is 12.4. The predicted octanol–water partition coefficient (Wildman–Crippen LogP) is 2.37. The van der Waals surface area contributed by atoms with Gasteiger partial charge in [0.1, 0.15) is 0 Å². The van der Waals surface area contributed by atoms with Crippen LogP contribution in [0.4, 0.5) is 0 Å². The molecule has 1 aromatic rings. The molecular formula is C16H26N2O. The van der Waals surface area contributed by atoms with Crippen molar-refractivity contribution in [2.75, 3.05) is 33.4 Å². The summed E-state index contributed by atoms with van der Waals surface area (Å²) in [6, 6.07) is 9.64. The standard InChI is InChI=1S/C16H26N2O/c1-4-17-16(15-8-6-5-7-13(15)2)11-18(3)14-9-10-19-12-14/h5-8,14,16-17H,4,9-12H2,1-3H3. The van der Waals surface area contributed by atoms with Crippen molar-refractivity contribution < 1.29 is 4.74 Å². The third-order valence-corrected chi connectivity index (χ3v) is 4.01. The van der Waals surface area contributed by atoms with Gasteiger partial charge in [-0.05, 0) is 38.1 Å². The van der Waals surface area contributed by atoms with Gasteiger partial charge in [0, 0.05) is 25.2 Å². The van der Waals surface area contributed by atoms with E-state index in [1.54, 1.807) is 0 Å². The summed E-state index contributed by atoms with van der Waals surface area (Å²) in [6.45, 7) is 8.18. The van der Waals surface area contributed by atoms with Gasteiger partial charge in [-0.15, -0.1) is 0 Å². The van der Waals surface area contributed by atoms with Crippen molar-refractivity contribution >= 4 is 0 Å². The molecule has 1 fully saturated rings. The van der Waals surface area contributed by atoms with Crippen LogP contribution < -0.4 is 5.32 Å². The number of nitrogens with one attached hydrogen (secondary N) is 1. The van der Waals surface area contributed by atoms with E-state index in [1.807, 2.05) is 0 Å². The maximum absolute atomic E-state index is 5.49. The molecule has 0 bridgehead atoms. The molecule has 0 saturated carbocycles. The topological polar surface area (TPSA) is 24.5 Å². The molecule has 1 aliphatic heterocycles. The fourth-order valence-electron chi connectivity index (χ4n) is 2.80. The molecule has 2 atom stereocenters. The van der Waals surface area contributed by atoms with Crippen LogP contribution in [0.3, 0.4) is 0 Å². The second-order valence-corrected chi connectivity index (χ2v) is 5.42. The van der Waals surface area contributed by atoms with Gasteiger partial charge >= 0.3 is 0 Å². The van der Waals surface area contributed by atoms with Gasteiger partial charge in [-0.3, -0.25) is 4.90 Å². The molecule has 106 valence electrons. The van der Waals surface area contributed by atoms with E-state index >= 15 is 0 Å². The Balaban J connectivity index is 2.05. The van der Waals surface area contributed by atoms with Crippen LogP contribution in [0, 0.1) is 6.92 Å². The quantitative estimate of drug-likeness (QED) is 0.852. The highest BCUT2D eigenvalue weighted by molar-refractivity contribution is 5.29. The van der Waals surface area contributed by atoms with E-state index in [0.717, 1.165) is 32.7 Å².